The molecule has 0 radical (unpaired) electrons. The van der Waals surface area contributed by atoms with E-state index >= 15 is 0 Å². The number of hydrogen-bond acceptors (Lipinski definition) is 3. The molecule has 20 heavy (non-hydrogen) atoms. The second-order valence-corrected chi connectivity index (χ2v) is 5.65. The van der Waals surface area contributed by atoms with E-state index in [1.165, 1.54) is 6.07 Å². The van der Waals surface area contributed by atoms with Gasteiger partial charge < -0.3 is 10.0 Å². The van der Waals surface area contributed by atoms with Gasteiger partial charge in [-0.15, -0.1) is 0 Å². The van der Waals surface area contributed by atoms with Crippen LogP contribution in [0.2, 0.25) is 0 Å². The monoisotopic (exact) mass is 280 g/mol. The molecule has 2 rings (SSSR count). The summed E-state index contributed by atoms with van der Waals surface area (Å²) in [6.45, 7) is 8.81. The van der Waals surface area contributed by atoms with E-state index in [4.69, 9.17) is 0 Å². The largest absolute Gasteiger partial charge is 0.478 e. The first kappa shape index (κ1) is 14.8. The van der Waals surface area contributed by atoms with E-state index < -0.39 is 11.8 Å². The molecular formula is C15H21FN2O2. The molecule has 4 nitrogen and oxygen atoms in total. The Bertz CT molecular complexity index is 483. The molecule has 0 unspecified atom stereocenters. The Morgan fingerprint density at radius 3 is 2.50 bits per heavy atom. The van der Waals surface area contributed by atoms with Crippen LogP contribution in [0.1, 0.15) is 24.2 Å². The number of benzene rings is 1. The van der Waals surface area contributed by atoms with E-state index in [1.807, 2.05) is 4.90 Å². The topological polar surface area (TPSA) is 43.8 Å². The lowest BCUT2D eigenvalue weighted by atomic mass is 10.1. The Kier molecular flexibility index (Phi) is 4.60. The third-order valence-electron chi connectivity index (χ3n) is 3.53. The van der Waals surface area contributed by atoms with E-state index in [0.29, 0.717) is 11.6 Å². The van der Waals surface area contributed by atoms with Crippen LogP contribution in [0, 0.1) is 11.7 Å². The molecule has 1 N–H and O–H groups in total. The van der Waals surface area contributed by atoms with Gasteiger partial charge in [0.25, 0.3) is 0 Å². The maximum Gasteiger partial charge on any atom is 0.337 e. The zero-order valence-corrected chi connectivity index (χ0v) is 12.0. The first-order chi connectivity index (χ1) is 9.47. The number of carboxylic acids is 1. The second-order valence-electron chi connectivity index (χ2n) is 5.65. The van der Waals surface area contributed by atoms with Gasteiger partial charge in [-0.25, -0.2) is 9.18 Å². The summed E-state index contributed by atoms with van der Waals surface area (Å²) >= 11 is 0. The van der Waals surface area contributed by atoms with Crippen LogP contribution in [0.25, 0.3) is 0 Å². The molecule has 1 aliphatic rings. The van der Waals surface area contributed by atoms with Gasteiger partial charge in [-0.2, -0.15) is 0 Å². The summed E-state index contributed by atoms with van der Waals surface area (Å²) in [7, 11) is 0. The summed E-state index contributed by atoms with van der Waals surface area (Å²) in [5.74, 6) is -0.962. The summed E-state index contributed by atoms with van der Waals surface area (Å²) in [6, 6.07) is 3.98. The summed E-state index contributed by atoms with van der Waals surface area (Å²) in [5, 5.41) is 9.19. The van der Waals surface area contributed by atoms with E-state index in [1.54, 1.807) is 6.07 Å². The summed E-state index contributed by atoms with van der Waals surface area (Å²) < 4.78 is 13.2. The zero-order chi connectivity index (χ0) is 14.7. The predicted octanol–water partition coefficient (Wildman–Crippen LogP) is 2.30. The van der Waals surface area contributed by atoms with Crippen molar-refractivity contribution in [2.45, 2.75) is 13.8 Å². The number of aromatic carboxylic acids is 1. The molecule has 0 amide bonds. The first-order valence-electron chi connectivity index (χ1n) is 6.97. The van der Waals surface area contributed by atoms with Crippen molar-refractivity contribution >= 4 is 11.7 Å². The molecule has 110 valence electrons. The molecular weight excluding hydrogens is 259 g/mol. The van der Waals surface area contributed by atoms with Crippen molar-refractivity contribution in [1.82, 2.24) is 4.90 Å². The fourth-order valence-corrected chi connectivity index (χ4v) is 2.64. The smallest absolute Gasteiger partial charge is 0.337 e. The Morgan fingerprint density at radius 2 is 1.95 bits per heavy atom. The molecule has 5 heteroatoms. The fourth-order valence-electron chi connectivity index (χ4n) is 2.64. The molecule has 1 aromatic rings. The summed E-state index contributed by atoms with van der Waals surface area (Å²) in [4.78, 5) is 15.6. The van der Waals surface area contributed by atoms with Gasteiger partial charge in [-0.3, -0.25) is 4.90 Å². The molecule has 1 saturated heterocycles. The second kappa shape index (κ2) is 6.22. The number of halogens is 1. The average molecular weight is 280 g/mol. The highest BCUT2D eigenvalue weighted by Crippen LogP contribution is 2.23. The highest BCUT2D eigenvalue weighted by molar-refractivity contribution is 5.94. The van der Waals surface area contributed by atoms with Crippen molar-refractivity contribution in [2.75, 3.05) is 37.6 Å². The third-order valence-corrected chi connectivity index (χ3v) is 3.53. The van der Waals surface area contributed by atoms with Gasteiger partial charge in [-0.1, -0.05) is 13.8 Å². The van der Waals surface area contributed by atoms with Crippen LogP contribution < -0.4 is 4.90 Å². The Balaban J connectivity index is 2.09. The Hall–Kier alpha value is -1.62. The number of carboxylic acid groups (broad SMARTS) is 1. The summed E-state index contributed by atoms with van der Waals surface area (Å²) in [5.41, 5.74) is 0.658. The van der Waals surface area contributed by atoms with Gasteiger partial charge in [-0.05, 0) is 24.1 Å². The predicted molar refractivity (Wildman–Crippen MR) is 76.9 cm³/mol. The zero-order valence-electron chi connectivity index (χ0n) is 12.0. The number of carbonyl (C=O) groups is 1. The van der Waals surface area contributed by atoms with Crippen LogP contribution in [0.4, 0.5) is 10.1 Å². The number of rotatable bonds is 4. The first-order valence-corrected chi connectivity index (χ1v) is 6.97. The van der Waals surface area contributed by atoms with Crippen LogP contribution >= 0.6 is 0 Å². The van der Waals surface area contributed by atoms with E-state index in [-0.39, 0.29) is 5.56 Å². The van der Waals surface area contributed by atoms with Gasteiger partial charge in [0.1, 0.15) is 5.82 Å². The highest BCUT2D eigenvalue weighted by atomic mass is 19.1. The van der Waals surface area contributed by atoms with Crippen LogP contribution in [0.15, 0.2) is 18.2 Å². The molecule has 0 atom stereocenters. The van der Waals surface area contributed by atoms with Crippen molar-refractivity contribution < 1.29 is 14.3 Å². The van der Waals surface area contributed by atoms with Crippen molar-refractivity contribution in [3.63, 3.8) is 0 Å². The van der Waals surface area contributed by atoms with E-state index in [2.05, 4.69) is 18.7 Å². The standard InChI is InChI=1S/C15H21FN2O2/c1-11(2)10-17-5-7-18(8-6-17)14-4-3-12(16)9-13(14)15(19)20/h3-4,9,11H,5-8,10H2,1-2H3,(H,19,20). The summed E-state index contributed by atoms with van der Waals surface area (Å²) in [6.07, 6.45) is 0. The number of hydrogen-bond donors (Lipinski definition) is 1. The molecule has 1 aliphatic heterocycles. The minimum Gasteiger partial charge on any atom is -0.478 e. The van der Waals surface area contributed by atoms with Crippen LogP contribution in [0.3, 0.4) is 0 Å². The third kappa shape index (κ3) is 3.48. The van der Waals surface area contributed by atoms with Crippen LogP contribution in [0.5, 0.6) is 0 Å². The minimum atomic E-state index is -1.08. The molecule has 0 saturated carbocycles. The lowest BCUT2D eigenvalue weighted by Crippen LogP contribution is -2.47. The SMILES string of the molecule is CC(C)CN1CCN(c2ccc(F)cc2C(=O)O)CC1. The Labute approximate surface area is 118 Å². The maximum absolute atomic E-state index is 13.2. The van der Waals surface area contributed by atoms with Crippen LogP contribution in [-0.2, 0) is 0 Å². The molecule has 1 fully saturated rings. The van der Waals surface area contributed by atoms with Crippen molar-refractivity contribution in [3.8, 4) is 0 Å². The molecule has 1 aromatic carbocycles. The molecule has 0 aliphatic carbocycles. The highest BCUT2D eigenvalue weighted by Gasteiger charge is 2.22. The molecule has 1 heterocycles. The number of nitrogens with zero attached hydrogens (tertiary/aromatic N) is 2. The number of piperazine rings is 1. The lowest BCUT2D eigenvalue weighted by Gasteiger charge is -2.37. The lowest BCUT2D eigenvalue weighted by molar-refractivity contribution is 0.0697. The number of anilines is 1. The normalized spacial score (nSPS) is 16.7. The van der Waals surface area contributed by atoms with Gasteiger partial charge >= 0.3 is 5.97 Å². The van der Waals surface area contributed by atoms with Gasteiger partial charge in [0.05, 0.1) is 11.3 Å². The van der Waals surface area contributed by atoms with E-state index in [0.717, 1.165) is 38.8 Å². The van der Waals surface area contributed by atoms with E-state index in [9.17, 15) is 14.3 Å². The van der Waals surface area contributed by atoms with Crippen molar-refractivity contribution in [3.05, 3.63) is 29.6 Å². The van der Waals surface area contributed by atoms with Gasteiger partial charge in [0, 0.05) is 32.7 Å². The minimum absolute atomic E-state index is 0.0438. The Morgan fingerprint density at radius 1 is 1.30 bits per heavy atom. The molecule has 0 spiro atoms. The maximum atomic E-state index is 13.2. The van der Waals surface area contributed by atoms with Crippen LogP contribution in [-0.4, -0.2) is 48.7 Å². The molecule has 0 aromatic heterocycles. The van der Waals surface area contributed by atoms with Gasteiger partial charge in [0.2, 0.25) is 0 Å². The van der Waals surface area contributed by atoms with Crippen molar-refractivity contribution in [1.29, 1.82) is 0 Å². The van der Waals surface area contributed by atoms with Crippen molar-refractivity contribution in [2.24, 2.45) is 5.92 Å². The van der Waals surface area contributed by atoms with Gasteiger partial charge in [0.15, 0.2) is 0 Å². The quantitative estimate of drug-likeness (QED) is 0.919. The average Bonchev–Trinajstić information content (AvgIpc) is 2.39. The molecule has 0 bridgehead atoms. The fraction of sp³-hybridized carbons (Fsp3) is 0.533.